The highest BCUT2D eigenvalue weighted by atomic mass is 16.6. The Morgan fingerprint density at radius 1 is 0.968 bits per heavy atom. The van der Waals surface area contributed by atoms with E-state index < -0.39 is 17.3 Å². The van der Waals surface area contributed by atoms with Gasteiger partial charge < -0.3 is 19.1 Å². The first-order valence-corrected chi connectivity index (χ1v) is 10.7. The second-order valence-corrected chi connectivity index (χ2v) is 9.91. The van der Waals surface area contributed by atoms with Crippen molar-refractivity contribution in [3.05, 3.63) is 24.0 Å². The molecule has 1 aliphatic heterocycles. The molecule has 1 aromatic heterocycles. The van der Waals surface area contributed by atoms with Crippen LogP contribution >= 0.6 is 0 Å². The number of fused-ring (bicyclic) bond motifs is 1. The lowest BCUT2D eigenvalue weighted by molar-refractivity contribution is 0.0126. The normalized spacial score (nSPS) is 15.8. The summed E-state index contributed by atoms with van der Waals surface area (Å²) in [6.07, 6.45) is 0.651. The van der Waals surface area contributed by atoms with Crippen LogP contribution in [0.4, 0.5) is 9.59 Å². The minimum atomic E-state index is -0.601. The molecule has 2 heterocycles. The predicted molar refractivity (Wildman–Crippen MR) is 118 cm³/mol. The van der Waals surface area contributed by atoms with E-state index in [4.69, 9.17) is 14.2 Å². The highest BCUT2D eigenvalue weighted by molar-refractivity contribution is 5.88. The number of benzene rings is 1. The molecule has 1 fully saturated rings. The molecule has 1 aromatic carbocycles. The number of hydrogen-bond acceptors (Lipinski definition) is 6. The zero-order chi connectivity index (χ0) is 23.0. The first-order valence-electron chi connectivity index (χ1n) is 10.7. The molecule has 1 saturated heterocycles. The summed E-state index contributed by atoms with van der Waals surface area (Å²) >= 11 is 0. The summed E-state index contributed by atoms with van der Waals surface area (Å²) < 4.78 is 18.6. The summed E-state index contributed by atoms with van der Waals surface area (Å²) in [6, 6.07) is 5.52. The smallest absolute Gasteiger partial charge is 0.420 e. The van der Waals surface area contributed by atoms with E-state index in [1.54, 1.807) is 11.8 Å². The number of aryl methyl sites for hydroxylation is 1. The van der Waals surface area contributed by atoms with E-state index >= 15 is 0 Å². The van der Waals surface area contributed by atoms with Crippen molar-refractivity contribution in [1.29, 1.82) is 0 Å². The molecule has 0 aliphatic carbocycles. The minimum absolute atomic E-state index is 0.0184. The summed E-state index contributed by atoms with van der Waals surface area (Å²) in [4.78, 5) is 31.1. The fourth-order valence-electron chi connectivity index (χ4n) is 3.46. The van der Waals surface area contributed by atoms with Crippen molar-refractivity contribution in [1.82, 2.24) is 14.5 Å². The van der Waals surface area contributed by atoms with E-state index in [-0.39, 0.29) is 12.2 Å². The number of amides is 1. The maximum Gasteiger partial charge on any atom is 0.420 e. The highest BCUT2D eigenvalue weighted by Crippen LogP contribution is 2.26. The second kappa shape index (κ2) is 8.40. The molecule has 0 bridgehead atoms. The van der Waals surface area contributed by atoms with Crippen molar-refractivity contribution in [3.8, 4) is 5.75 Å². The van der Waals surface area contributed by atoms with E-state index in [2.05, 4.69) is 4.98 Å². The standard InChI is InChI=1S/C23H33N3O5/c1-15-24-18-9-8-17(14-19(18)26(15)21(28)31-23(5,6)7)29-16-10-12-25(13-11-16)20(27)30-22(2,3)4/h8-9,14,16H,10-13H2,1-7H3. The summed E-state index contributed by atoms with van der Waals surface area (Å²) in [5.74, 6) is 1.22. The van der Waals surface area contributed by atoms with Crippen molar-refractivity contribution in [2.45, 2.75) is 78.6 Å². The van der Waals surface area contributed by atoms with Crippen LogP contribution in [0.1, 0.15) is 60.2 Å². The molecule has 3 rings (SSSR count). The number of aromatic nitrogens is 2. The molecule has 1 amide bonds. The molecule has 170 valence electrons. The number of hydrogen-bond donors (Lipinski definition) is 0. The van der Waals surface area contributed by atoms with Crippen molar-refractivity contribution >= 4 is 23.2 Å². The first-order chi connectivity index (χ1) is 14.3. The molecule has 31 heavy (non-hydrogen) atoms. The van der Waals surface area contributed by atoms with Gasteiger partial charge in [0.15, 0.2) is 0 Å². The van der Waals surface area contributed by atoms with Gasteiger partial charge in [-0.05, 0) is 60.6 Å². The molecule has 8 nitrogen and oxygen atoms in total. The van der Waals surface area contributed by atoms with E-state index in [1.165, 1.54) is 4.57 Å². The first kappa shape index (κ1) is 22.9. The number of carbonyl (C=O) groups excluding carboxylic acids is 2. The molecule has 0 saturated carbocycles. The lowest BCUT2D eigenvalue weighted by atomic mass is 10.1. The van der Waals surface area contributed by atoms with Crippen molar-refractivity contribution in [2.75, 3.05) is 13.1 Å². The number of piperidine rings is 1. The molecule has 0 unspecified atom stereocenters. The molecule has 2 aromatic rings. The van der Waals surface area contributed by atoms with Gasteiger partial charge >= 0.3 is 12.2 Å². The Hall–Kier alpha value is -2.77. The zero-order valence-corrected chi connectivity index (χ0v) is 19.5. The topological polar surface area (TPSA) is 82.9 Å². The number of carbonyl (C=O) groups is 2. The Morgan fingerprint density at radius 2 is 1.55 bits per heavy atom. The summed E-state index contributed by atoms with van der Waals surface area (Å²) in [5, 5.41) is 0. The van der Waals surface area contributed by atoms with Crippen molar-refractivity contribution in [3.63, 3.8) is 0 Å². The maximum atomic E-state index is 12.7. The lowest BCUT2D eigenvalue weighted by Crippen LogP contribution is -2.44. The van der Waals surface area contributed by atoms with E-state index in [0.717, 1.165) is 0 Å². The monoisotopic (exact) mass is 431 g/mol. The Kier molecular flexibility index (Phi) is 6.21. The molecule has 8 heteroatoms. The van der Waals surface area contributed by atoms with Crippen molar-refractivity contribution < 1.29 is 23.8 Å². The number of rotatable bonds is 2. The summed E-state index contributed by atoms with van der Waals surface area (Å²) in [6.45, 7) is 14.0. The molecular formula is C23H33N3O5. The molecule has 0 radical (unpaired) electrons. The third-order valence-electron chi connectivity index (χ3n) is 4.77. The average Bonchev–Trinajstić information content (AvgIpc) is 2.94. The van der Waals surface area contributed by atoms with Gasteiger partial charge in [0.2, 0.25) is 0 Å². The van der Waals surface area contributed by atoms with Crippen LogP contribution in [0, 0.1) is 6.92 Å². The molecule has 1 aliphatic rings. The predicted octanol–water partition coefficient (Wildman–Crippen LogP) is 4.91. The van der Waals surface area contributed by atoms with Gasteiger partial charge in [0.05, 0.1) is 11.0 Å². The van der Waals surface area contributed by atoms with Gasteiger partial charge in [-0.15, -0.1) is 0 Å². The van der Waals surface area contributed by atoms with Crippen LogP contribution < -0.4 is 4.74 Å². The Morgan fingerprint density at radius 3 is 2.13 bits per heavy atom. The lowest BCUT2D eigenvalue weighted by Gasteiger charge is -2.33. The maximum absolute atomic E-state index is 12.7. The second-order valence-electron chi connectivity index (χ2n) is 9.91. The fourth-order valence-corrected chi connectivity index (χ4v) is 3.46. The van der Waals surface area contributed by atoms with E-state index in [1.807, 2.05) is 59.7 Å². The number of nitrogens with zero attached hydrogens (tertiary/aromatic N) is 3. The minimum Gasteiger partial charge on any atom is -0.490 e. The third kappa shape index (κ3) is 5.89. The van der Waals surface area contributed by atoms with Crippen LogP contribution in [0.25, 0.3) is 11.0 Å². The largest absolute Gasteiger partial charge is 0.490 e. The Labute approximate surface area is 183 Å². The number of imidazole rings is 1. The summed E-state index contributed by atoms with van der Waals surface area (Å²) in [5.41, 5.74) is 0.247. The van der Waals surface area contributed by atoms with Crippen LogP contribution in [-0.4, -0.2) is 57.0 Å². The van der Waals surface area contributed by atoms with Gasteiger partial charge in [-0.3, -0.25) is 0 Å². The molecular weight excluding hydrogens is 398 g/mol. The molecule has 0 N–H and O–H groups in total. The molecule has 0 atom stereocenters. The van der Waals surface area contributed by atoms with Crippen molar-refractivity contribution in [2.24, 2.45) is 0 Å². The van der Waals surface area contributed by atoms with E-state index in [0.29, 0.717) is 48.5 Å². The summed E-state index contributed by atoms with van der Waals surface area (Å²) in [7, 11) is 0. The van der Waals surface area contributed by atoms with Gasteiger partial charge in [-0.2, -0.15) is 0 Å². The van der Waals surface area contributed by atoms with Crippen LogP contribution in [0.3, 0.4) is 0 Å². The highest BCUT2D eigenvalue weighted by Gasteiger charge is 2.28. The van der Waals surface area contributed by atoms with Gasteiger partial charge in [0, 0.05) is 32.0 Å². The van der Waals surface area contributed by atoms with Crippen LogP contribution in [0.5, 0.6) is 5.75 Å². The molecule has 0 spiro atoms. The fraction of sp³-hybridized carbons (Fsp3) is 0.609. The third-order valence-corrected chi connectivity index (χ3v) is 4.77. The van der Waals surface area contributed by atoms with E-state index in [9.17, 15) is 9.59 Å². The van der Waals surface area contributed by atoms with Crippen LogP contribution in [0.15, 0.2) is 18.2 Å². The van der Waals surface area contributed by atoms with Crippen LogP contribution in [0.2, 0.25) is 0 Å². The zero-order valence-electron chi connectivity index (χ0n) is 19.5. The van der Waals surface area contributed by atoms with Gasteiger partial charge in [0.25, 0.3) is 0 Å². The average molecular weight is 432 g/mol. The Balaban J connectivity index is 1.69. The quantitative estimate of drug-likeness (QED) is 0.672. The van der Waals surface area contributed by atoms with Gasteiger partial charge in [-0.25, -0.2) is 19.1 Å². The number of ether oxygens (including phenoxy) is 3. The van der Waals surface area contributed by atoms with Gasteiger partial charge in [-0.1, -0.05) is 0 Å². The number of likely N-dealkylation sites (tertiary alicyclic amines) is 1. The van der Waals surface area contributed by atoms with Crippen LogP contribution in [-0.2, 0) is 9.47 Å². The Bertz CT molecular complexity index is 960. The SMILES string of the molecule is Cc1nc2ccc(OC3CCN(C(=O)OC(C)(C)C)CC3)cc2n1C(=O)OC(C)(C)C. The van der Waals surface area contributed by atoms with Gasteiger partial charge in [0.1, 0.15) is 28.9 Å².